The number of ketones is 1. The Bertz CT molecular complexity index is 225. The molecule has 15 heavy (non-hydrogen) atoms. The summed E-state index contributed by atoms with van der Waals surface area (Å²) in [4.78, 5) is 22.3. The third-order valence-corrected chi connectivity index (χ3v) is 2.63. The topological polar surface area (TPSA) is 55.4 Å². The molecule has 0 spiro atoms. The van der Waals surface area contributed by atoms with Crippen LogP contribution in [0, 0.1) is 5.92 Å². The van der Waals surface area contributed by atoms with E-state index >= 15 is 0 Å². The minimum absolute atomic E-state index is 0. The molecule has 0 aliphatic carbocycles. The van der Waals surface area contributed by atoms with E-state index in [1.54, 1.807) is 6.41 Å². The molecule has 1 aliphatic rings. The monoisotopic (exact) mass is 301 g/mol. The summed E-state index contributed by atoms with van der Waals surface area (Å²) in [5.41, 5.74) is -0.728. The summed E-state index contributed by atoms with van der Waals surface area (Å²) in [6, 6.07) is 0. The van der Waals surface area contributed by atoms with Gasteiger partial charge in [0.15, 0.2) is 5.78 Å². The number of hydrogen-bond donors (Lipinski definition) is 1. The zero-order valence-corrected chi connectivity index (χ0v) is 10.6. The van der Waals surface area contributed by atoms with E-state index in [1.165, 1.54) is 0 Å². The van der Waals surface area contributed by atoms with Crippen LogP contribution in [-0.4, -0.2) is 30.9 Å². The van der Waals surface area contributed by atoms with Crippen LogP contribution in [0.15, 0.2) is 0 Å². The second-order valence-electron chi connectivity index (χ2n) is 3.94. The van der Waals surface area contributed by atoms with Gasteiger partial charge in [0.1, 0.15) is 0 Å². The van der Waals surface area contributed by atoms with Crippen LogP contribution in [0.2, 0.25) is 0 Å². The quantitative estimate of drug-likeness (QED) is 0.465. The third kappa shape index (κ3) is 3.35. The molecule has 0 aromatic carbocycles. The smallest absolute Gasteiger partial charge is 0.158 e. The van der Waals surface area contributed by atoms with Crippen LogP contribution in [0.1, 0.15) is 26.7 Å². The molecule has 0 saturated carbocycles. The summed E-state index contributed by atoms with van der Waals surface area (Å²) in [6.45, 7) is 4.72. The SMILES string of the molecule is CC(C)C(=O)C1(N[C-]=O)CCOCC1.[Rh]. The fraction of sp³-hybridized carbons (Fsp3) is 0.800. The molecule has 89 valence electrons. The van der Waals surface area contributed by atoms with Crippen molar-refractivity contribution in [3.05, 3.63) is 0 Å². The molecule has 1 radical (unpaired) electrons. The van der Waals surface area contributed by atoms with Crippen LogP contribution in [0.3, 0.4) is 0 Å². The van der Waals surface area contributed by atoms with Crippen LogP contribution in [0.25, 0.3) is 0 Å². The number of Topliss-reactive ketones (excluding diaryl/α,β-unsaturated/α-hetero) is 1. The van der Waals surface area contributed by atoms with Gasteiger partial charge in [-0.25, -0.2) is 0 Å². The van der Waals surface area contributed by atoms with E-state index in [-0.39, 0.29) is 31.2 Å². The number of ether oxygens (including phenoxy) is 1. The molecular formula is C10H16NO3Rh-. The van der Waals surface area contributed by atoms with Crippen molar-refractivity contribution in [1.29, 1.82) is 0 Å². The van der Waals surface area contributed by atoms with Gasteiger partial charge in [0.25, 0.3) is 0 Å². The van der Waals surface area contributed by atoms with E-state index in [0.717, 1.165) is 0 Å². The van der Waals surface area contributed by atoms with Crippen LogP contribution >= 0.6 is 0 Å². The number of rotatable bonds is 4. The number of hydrogen-bond acceptors (Lipinski definition) is 3. The molecule has 0 bridgehead atoms. The van der Waals surface area contributed by atoms with Crippen molar-refractivity contribution < 1.29 is 33.8 Å². The van der Waals surface area contributed by atoms with Gasteiger partial charge >= 0.3 is 0 Å². The second kappa shape index (κ2) is 6.34. The minimum Gasteiger partial charge on any atom is -0.520 e. The van der Waals surface area contributed by atoms with Crippen molar-refractivity contribution in [3.63, 3.8) is 0 Å². The number of nitrogens with one attached hydrogen (secondary N) is 1. The number of carbonyl (C=O) groups excluding carboxylic acids is 2. The van der Waals surface area contributed by atoms with E-state index in [1.807, 2.05) is 13.8 Å². The first kappa shape index (κ1) is 14.7. The second-order valence-corrected chi connectivity index (χ2v) is 3.94. The Labute approximate surface area is 103 Å². The molecule has 1 amide bonds. The van der Waals surface area contributed by atoms with E-state index in [2.05, 4.69) is 5.32 Å². The van der Waals surface area contributed by atoms with Gasteiger partial charge in [0, 0.05) is 38.6 Å². The summed E-state index contributed by atoms with van der Waals surface area (Å²) in [5.74, 6) is -0.00176. The molecule has 0 aromatic rings. The van der Waals surface area contributed by atoms with Crippen molar-refractivity contribution in [2.24, 2.45) is 5.92 Å². The molecule has 1 heterocycles. The fourth-order valence-electron chi connectivity index (χ4n) is 1.80. The maximum atomic E-state index is 11.9. The first-order valence-corrected chi connectivity index (χ1v) is 4.89. The molecular weight excluding hydrogens is 285 g/mol. The van der Waals surface area contributed by atoms with Crippen molar-refractivity contribution in [2.45, 2.75) is 32.2 Å². The Hall–Kier alpha value is -0.277. The van der Waals surface area contributed by atoms with Crippen molar-refractivity contribution in [3.8, 4) is 0 Å². The van der Waals surface area contributed by atoms with Gasteiger partial charge in [0.2, 0.25) is 0 Å². The summed E-state index contributed by atoms with van der Waals surface area (Å²) in [5, 5.41) is 2.54. The van der Waals surface area contributed by atoms with Gasteiger partial charge in [-0.2, -0.15) is 6.41 Å². The van der Waals surface area contributed by atoms with E-state index in [4.69, 9.17) is 4.74 Å². The molecule has 0 unspecified atom stereocenters. The summed E-state index contributed by atoms with van der Waals surface area (Å²) in [7, 11) is 0. The number of amides is 1. The summed E-state index contributed by atoms with van der Waals surface area (Å²) < 4.78 is 5.18. The zero-order valence-electron chi connectivity index (χ0n) is 8.96. The Kier molecular flexibility index (Phi) is 6.22. The van der Waals surface area contributed by atoms with Gasteiger partial charge in [0.05, 0.1) is 5.54 Å². The van der Waals surface area contributed by atoms with E-state index in [9.17, 15) is 9.59 Å². The molecule has 1 fully saturated rings. The molecule has 4 nitrogen and oxygen atoms in total. The minimum atomic E-state index is -0.728. The van der Waals surface area contributed by atoms with Crippen LogP contribution in [-0.2, 0) is 33.8 Å². The van der Waals surface area contributed by atoms with Crippen LogP contribution < -0.4 is 5.32 Å². The normalized spacial score (nSPS) is 19.1. The Balaban J connectivity index is 0.00000196. The first-order chi connectivity index (χ1) is 6.62. The molecule has 1 aliphatic heterocycles. The Morgan fingerprint density at radius 1 is 1.40 bits per heavy atom. The van der Waals surface area contributed by atoms with E-state index in [0.29, 0.717) is 26.1 Å². The van der Waals surface area contributed by atoms with Crippen molar-refractivity contribution >= 4 is 12.2 Å². The van der Waals surface area contributed by atoms with Gasteiger partial charge in [-0.15, -0.1) is 0 Å². The standard InChI is InChI=1S/C10H16NO3.Rh/c1-8(2)9(13)10(11-7-12)3-5-14-6-4-10;/h8H,3-6H2,1-2H3,(H,11,12);/q-1;. The Morgan fingerprint density at radius 2 is 1.93 bits per heavy atom. The van der Waals surface area contributed by atoms with Gasteiger partial charge in [-0.3, -0.25) is 4.79 Å². The zero-order chi connectivity index (χ0) is 10.6. The Morgan fingerprint density at radius 3 is 2.33 bits per heavy atom. The maximum absolute atomic E-state index is 11.9. The first-order valence-electron chi connectivity index (χ1n) is 4.89. The average molecular weight is 301 g/mol. The van der Waals surface area contributed by atoms with Crippen LogP contribution in [0.4, 0.5) is 0 Å². The van der Waals surface area contributed by atoms with Gasteiger partial charge in [-0.1, -0.05) is 13.8 Å². The average Bonchev–Trinajstić information content (AvgIpc) is 2.18. The fourth-order valence-corrected chi connectivity index (χ4v) is 1.80. The molecule has 1 rings (SSSR count). The van der Waals surface area contributed by atoms with E-state index < -0.39 is 5.54 Å². The predicted octanol–water partition coefficient (Wildman–Crippen LogP) is 0.415. The summed E-state index contributed by atoms with van der Waals surface area (Å²) in [6.07, 6.45) is 2.75. The van der Waals surface area contributed by atoms with Crippen LogP contribution in [0.5, 0.6) is 0 Å². The molecule has 1 saturated heterocycles. The van der Waals surface area contributed by atoms with Gasteiger partial charge < -0.3 is 14.8 Å². The third-order valence-electron chi connectivity index (χ3n) is 2.63. The molecule has 5 heteroatoms. The molecule has 0 aromatic heterocycles. The largest absolute Gasteiger partial charge is 0.520 e. The van der Waals surface area contributed by atoms with Crippen molar-refractivity contribution in [2.75, 3.05) is 13.2 Å². The van der Waals surface area contributed by atoms with Crippen molar-refractivity contribution in [1.82, 2.24) is 5.32 Å². The summed E-state index contributed by atoms with van der Waals surface area (Å²) >= 11 is 0. The van der Waals surface area contributed by atoms with Gasteiger partial charge in [-0.05, 0) is 12.8 Å². The maximum Gasteiger partial charge on any atom is 0.158 e. The molecule has 0 atom stereocenters. The number of carbonyl (C=O) groups is 1. The molecule has 1 N–H and O–H groups in total. The predicted molar refractivity (Wildman–Crippen MR) is 51.5 cm³/mol.